The predicted octanol–water partition coefficient (Wildman–Crippen LogP) is 2.36. The Labute approximate surface area is 175 Å². The molecule has 2 N–H and O–H groups in total. The van der Waals surface area contributed by atoms with Crippen LogP contribution in [0.2, 0.25) is 0 Å². The molecule has 8 heteroatoms. The summed E-state index contributed by atoms with van der Waals surface area (Å²) in [5.74, 6) is -0.964. The van der Waals surface area contributed by atoms with Crippen LogP contribution < -0.4 is 10.6 Å². The van der Waals surface area contributed by atoms with Crippen molar-refractivity contribution in [2.45, 2.75) is 25.9 Å². The number of rotatable bonds is 8. The van der Waals surface area contributed by atoms with Gasteiger partial charge in [0.15, 0.2) is 5.76 Å². The van der Waals surface area contributed by atoms with E-state index in [1.54, 1.807) is 24.3 Å². The van der Waals surface area contributed by atoms with Crippen molar-refractivity contribution in [1.29, 1.82) is 0 Å². The second kappa shape index (κ2) is 10.4. The lowest BCUT2D eigenvalue weighted by molar-refractivity contribution is -0.124. The third kappa shape index (κ3) is 5.67. The molecule has 162 valence electrons. The molecule has 1 aromatic heterocycles. The van der Waals surface area contributed by atoms with Crippen LogP contribution >= 0.6 is 0 Å². The van der Waals surface area contributed by atoms with Gasteiger partial charge in [-0.15, -0.1) is 0 Å². The molecular weight excluding hydrogens is 389 g/mol. The fourth-order valence-electron chi connectivity index (χ4n) is 3.49. The Kier molecular flexibility index (Phi) is 7.59. The minimum Gasteiger partial charge on any atom is -0.459 e. The van der Waals surface area contributed by atoms with E-state index >= 15 is 0 Å². The number of halogens is 1. The molecule has 1 aromatic carbocycles. The zero-order valence-corrected chi connectivity index (χ0v) is 17.3. The van der Waals surface area contributed by atoms with E-state index < -0.39 is 11.9 Å². The van der Waals surface area contributed by atoms with Crippen molar-refractivity contribution >= 4 is 11.8 Å². The van der Waals surface area contributed by atoms with Crippen molar-refractivity contribution in [3.63, 3.8) is 0 Å². The summed E-state index contributed by atoms with van der Waals surface area (Å²) >= 11 is 0. The maximum absolute atomic E-state index is 13.4. The molecule has 2 heterocycles. The molecule has 0 spiro atoms. The molecule has 1 unspecified atom stereocenters. The second-order valence-corrected chi connectivity index (χ2v) is 7.63. The monoisotopic (exact) mass is 417 g/mol. The standard InChI is InChI=1S/C22H28FN3O4/c1-15(2)20(25-21(27)19-4-3-11-30-19)22(28)24-14-18(26-9-12-29-13-10-26)16-5-7-17(23)8-6-16/h3-8,11,15,18,20H,9-10,12-14H2,1-2H3,(H,24,28)(H,25,27)/t18?,20-/m0/s1. The highest BCUT2D eigenvalue weighted by Crippen LogP contribution is 2.22. The van der Waals surface area contributed by atoms with E-state index in [0.717, 1.165) is 18.7 Å². The Morgan fingerprint density at radius 1 is 1.13 bits per heavy atom. The average molecular weight is 417 g/mol. The topological polar surface area (TPSA) is 83.8 Å². The molecule has 2 atom stereocenters. The number of nitrogens with zero attached hydrogens (tertiary/aromatic N) is 1. The van der Waals surface area contributed by atoms with Gasteiger partial charge in [-0.3, -0.25) is 14.5 Å². The van der Waals surface area contributed by atoms with Gasteiger partial charge in [0, 0.05) is 19.6 Å². The van der Waals surface area contributed by atoms with Crippen LogP contribution in [0.3, 0.4) is 0 Å². The molecule has 3 rings (SSSR count). The Balaban J connectivity index is 1.68. The largest absolute Gasteiger partial charge is 0.459 e. The Morgan fingerprint density at radius 2 is 1.83 bits per heavy atom. The number of ether oxygens (including phenoxy) is 1. The van der Waals surface area contributed by atoms with Crippen LogP contribution in [0.4, 0.5) is 4.39 Å². The van der Waals surface area contributed by atoms with Crippen LogP contribution in [0.25, 0.3) is 0 Å². The molecule has 0 radical (unpaired) electrons. The van der Waals surface area contributed by atoms with Gasteiger partial charge < -0.3 is 19.8 Å². The van der Waals surface area contributed by atoms with Crippen LogP contribution in [0, 0.1) is 11.7 Å². The number of benzene rings is 1. The van der Waals surface area contributed by atoms with Crippen molar-refractivity contribution in [3.05, 3.63) is 59.8 Å². The van der Waals surface area contributed by atoms with E-state index in [9.17, 15) is 14.0 Å². The summed E-state index contributed by atoms with van der Waals surface area (Å²) < 4.78 is 23.9. The minimum atomic E-state index is -0.707. The predicted molar refractivity (Wildman–Crippen MR) is 109 cm³/mol. The summed E-state index contributed by atoms with van der Waals surface area (Å²) in [7, 11) is 0. The molecule has 2 aromatic rings. The van der Waals surface area contributed by atoms with Gasteiger partial charge in [-0.05, 0) is 35.7 Å². The molecular formula is C22H28FN3O4. The summed E-state index contributed by atoms with van der Waals surface area (Å²) in [5.41, 5.74) is 0.916. The molecule has 2 amide bonds. The fourth-order valence-corrected chi connectivity index (χ4v) is 3.49. The quantitative estimate of drug-likeness (QED) is 0.689. The third-order valence-electron chi connectivity index (χ3n) is 5.19. The Morgan fingerprint density at radius 3 is 2.43 bits per heavy atom. The van der Waals surface area contributed by atoms with Gasteiger partial charge in [-0.25, -0.2) is 4.39 Å². The Hall–Kier alpha value is -2.71. The molecule has 0 aliphatic carbocycles. The number of amides is 2. The first-order chi connectivity index (χ1) is 14.5. The van der Waals surface area contributed by atoms with Gasteiger partial charge >= 0.3 is 0 Å². The van der Waals surface area contributed by atoms with Gasteiger partial charge in [0.2, 0.25) is 5.91 Å². The maximum atomic E-state index is 13.4. The van der Waals surface area contributed by atoms with E-state index in [0.29, 0.717) is 19.8 Å². The highest BCUT2D eigenvalue weighted by molar-refractivity contribution is 5.95. The highest BCUT2D eigenvalue weighted by Gasteiger charge is 2.28. The van der Waals surface area contributed by atoms with Crippen LogP contribution in [-0.4, -0.2) is 55.6 Å². The number of hydrogen-bond acceptors (Lipinski definition) is 5. The molecule has 1 aliphatic rings. The summed E-state index contributed by atoms with van der Waals surface area (Å²) in [4.78, 5) is 27.4. The van der Waals surface area contributed by atoms with Gasteiger partial charge in [0.25, 0.3) is 5.91 Å². The average Bonchev–Trinajstić information content (AvgIpc) is 3.29. The smallest absolute Gasteiger partial charge is 0.287 e. The first-order valence-corrected chi connectivity index (χ1v) is 10.1. The van der Waals surface area contributed by atoms with E-state index in [1.165, 1.54) is 18.4 Å². The molecule has 30 heavy (non-hydrogen) atoms. The first-order valence-electron chi connectivity index (χ1n) is 10.1. The first kappa shape index (κ1) is 22.0. The third-order valence-corrected chi connectivity index (χ3v) is 5.19. The van der Waals surface area contributed by atoms with E-state index in [-0.39, 0.29) is 29.4 Å². The molecule has 7 nitrogen and oxygen atoms in total. The lowest BCUT2D eigenvalue weighted by Crippen LogP contribution is -2.51. The van der Waals surface area contributed by atoms with Crippen molar-refractivity contribution in [1.82, 2.24) is 15.5 Å². The molecule has 0 bridgehead atoms. The number of carbonyl (C=O) groups is 2. The number of furan rings is 1. The van der Waals surface area contributed by atoms with Gasteiger partial charge in [0.1, 0.15) is 11.9 Å². The highest BCUT2D eigenvalue weighted by atomic mass is 19.1. The van der Waals surface area contributed by atoms with E-state index in [4.69, 9.17) is 9.15 Å². The van der Waals surface area contributed by atoms with Crippen LogP contribution in [-0.2, 0) is 9.53 Å². The van der Waals surface area contributed by atoms with Crippen molar-refractivity contribution in [2.75, 3.05) is 32.8 Å². The van der Waals surface area contributed by atoms with Gasteiger partial charge in [-0.1, -0.05) is 26.0 Å². The lowest BCUT2D eigenvalue weighted by Gasteiger charge is -2.35. The van der Waals surface area contributed by atoms with Crippen molar-refractivity contribution < 1.29 is 23.1 Å². The number of morpholine rings is 1. The van der Waals surface area contributed by atoms with Crippen molar-refractivity contribution in [2.24, 2.45) is 5.92 Å². The SMILES string of the molecule is CC(C)[C@H](NC(=O)c1ccco1)C(=O)NCC(c1ccc(F)cc1)N1CCOCC1. The zero-order valence-electron chi connectivity index (χ0n) is 17.3. The Bertz CT molecular complexity index is 817. The number of hydrogen-bond donors (Lipinski definition) is 2. The molecule has 1 fully saturated rings. The van der Waals surface area contributed by atoms with Gasteiger partial charge in [0.05, 0.1) is 25.5 Å². The summed E-state index contributed by atoms with van der Waals surface area (Å²) in [5, 5.41) is 5.71. The van der Waals surface area contributed by atoms with Gasteiger partial charge in [-0.2, -0.15) is 0 Å². The number of carbonyl (C=O) groups excluding carboxylic acids is 2. The lowest BCUT2D eigenvalue weighted by atomic mass is 10.0. The van der Waals surface area contributed by atoms with Crippen LogP contribution in [0.1, 0.15) is 36.0 Å². The summed E-state index contributed by atoms with van der Waals surface area (Å²) in [6, 6.07) is 8.66. The maximum Gasteiger partial charge on any atom is 0.287 e. The summed E-state index contributed by atoms with van der Waals surface area (Å²) in [6.07, 6.45) is 1.41. The summed E-state index contributed by atoms with van der Waals surface area (Å²) in [6.45, 7) is 6.74. The zero-order chi connectivity index (χ0) is 21.5. The minimum absolute atomic E-state index is 0.114. The fraction of sp³-hybridized carbons (Fsp3) is 0.455. The van der Waals surface area contributed by atoms with E-state index in [1.807, 2.05) is 13.8 Å². The molecule has 0 saturated carbocycles. The van der Waals surface area contributed by atoms with Crippen LogP contribution in [0.15, 0.2) is 47.1 Å². The van der Waals surface area contributed by atoms with Crippen molar-refractivity contribution in [3.8, 4) is 0 Å². The molecule has 1 aliphatic heterocycles. The number of nitrogens with one attached hydrogen (secondary N) is 2. The van der Waals surface area contributed by atoms with E-state index in [2.05, 4.69) is 15.5 Å². The molecule has 1 saturated heterocycles. The second-order valence-electron chi connectivity index (χ2n) is 7.63. The normalized spacial score (nSPS) is 16.8. The van der Waals surface area contributed by atoms with Crippen LogP contribution in [0.5, 0.6) is 0 Å².